The van der Waals surface area contributed by atoms with Crippen molar-refractivity contribution in [3.8, 4) is 11.5 Å². The molecule has 1 fully saturated rings. The molecule has 1 N–H and O–H groups in total. The van der Waals surface area contributed by atoms with Crippen LogP contribution in [0, 0.1) is 0 Å². The van der Waals surface area contributed by atoms with Crippen LogP contribution in [0.5, 0.6) is 11.5 Å². The van der Waals surface area contributed by atoms with Gasteiger partial charge in [0, 0.05) is 4.47 Å². The zero-order valence-electron chi connectivity index (χ0n) is 18.9. The van der Waals surface area contributed by atoms with Crippen LogP contribution in [0.1, 0.15) is 18.1 Å². The van der Waals surface area contributed by atoms with Crippen LogP contribution >= 0.6 is 43.5 Å². The third-order valence-electron chi connectivity index (χ3n) is 5.13. The molecule has 3 aromatic carbocycles. The zero-order chi connectivity index (χ0) is 25.8. The van der Waals surface area contributed by atoms with Gasteiger partial charge in [-0.15, -0.1) is 0 Å². The monoisotopic (exact) mass is 632 g/mol. The Morgan fingerprint density at radius 3 is 2.42 bits per heavy atom. The highest BCUT2D eigenvalue weighted by atomic mass is 79.9. The first-order valence-electron chi connectivity index (χ1n) is 10.8. The highest BCUT2D eigenvalue weighted by molar-refractivity contribution is 9.10. The molecular formula is C26H19Br2ClN2O5. The van der Waals surface area contributed by atoms with Crippen molar-refractivity contribution in [1.82, 2.24) is 5.32 Å². The quantitative estimate of drug-likeness (QED) is 0.237. The molecule has 1 heterocycles. The second kappa shape index (κ2) is 11.3. The molecule has 1 aliphatic heterocycles. The van der Waals surface area contributed by atoms with E-state index in [0.717, 1.165) is 14.9 Å². The molecular weight excluding hydrogens is 616 g/mol. The number of hydrogen-bond donors (Lipinski definition) is 1. The Kier molecular flexibility index (Phi) is 8.13. The Bertz CT molecular complexity index is 1380. The van der Waals surface area contributed by atoms with Crippen molar-refractivity contribution in [3.63, 3.8) is 0 Å². The van der Waals surface area contributed by atoms with Crippen molar-refractivity contribution in [3.05, 3.63) is 91.3 Å². The molecule has 0 radical (unpaired) electrons. The van der Waals surface area contributed by atoms with Crippen LogP contribution in [0.3, 0.4) is 0 Å². The lowest BCUT2D eigenvalue weighted by atomic mass is 10.1. The van der Waals surface area contributed by atoms with Gasteiger partial charge in [-0.05, 0) is 76.5 Å². The summed E-state index contributed by atoms with van der Waals surface area (Å²) in [6.07, 6.45) is 1.39. The fourth-order valence-corrected chi connectivity index (χ4v) is 4.55. The van der Waals surface area contributed by atoms with Crippen LogP contribution in [0.25, 0.3) is 6.08 Å². The van der Waals surface area contributed by atoms with Crippen molar-refractivity contribution in [1.29, 1.82) is 0 Å². The Morgan fingerprint density at radius 1 is 1.00 bits per heavy atom. The molecule has 10 heteroatoms. The molecule has 1 aliphatic rings. The van der Waals surface area contributed by atoms with Crippen molar-refractivity contribution in [2.75, 3.05) is 11.5 Å². The van der Waals surface area contributed by atoms with E-state index in [-0.39, 0.29) is 16.3 Å². The lowest BCUT2D eigenvalue weighted by Crippen LogP contribution is -2.54. The van der Waals surface area contributed by atoms with Gasteiger partial charge in [0.1, 0.15) is 12.2 Å². The highest BCUT2D eigenvalue weighted by Gasteiger charge is 2.37. The van der Waals surface area contributed by atoms with Gasteiger partial charge >= 0.3 is 6.03 Å². The molecule has 3 aromatic rings. The number of halogens is 3. The molecule has 184 valence electrons. The molecule has 0 saturated carbocycles. The highest BCUT2D eigenvalue weighted by Crippen LogP contribution is 2.38. The molecule has 0 atom stereocenters. The fourth-order valence-electron chi connectivity index (χ4n) is 3.49. The van der Waals surface area contributed by atoms with Gasteiger partial charge in [-0.25, -0.2) is 9.69 Å². The Hall–Kier alpha value is -3.14. The topological polar surface area (TPSA) is 84.9 Å². The largest absolute Gasteiger partial charge is 0.490 e. The third kappa shape index (κ3) is 5.64. The predicted molar refractivity (Wildman–Crippen MR) is 144 cm³/mol. The first kappa shape index (κ1) is 25.9. The maximum absolute atomic E-state index is 13.2. The second-order valence-corrected chi connectivity index (χ2v) is 9.76. The minimum Gasteiger partial charge on any atom is -0.490 e. The first-order chi connectivity index (χ1) is 17.3. The van der Waals surface area contributed by atoms with Gasteiger partial charge in [-0.3, -0.25) is 14.9 Å². The summed E-state index contributed by atoms with van der Waals surface area (Å²) in [5, 5.41) is 2.39. The molecule has 36 heavy (non-hydrogen) atoms. The number of ether oxygens (including phenoxy) is 2. The fraction of sp³-hybridized carbons (Fsp3) is 0.115. The Labute approximate surface area is 229 Å². The van der Waals surface area contributed by atoms with Crippen molar-refractivity contribution >= 4 is 73.1 Å². The molecule has 0 spiro atoms. The van der Waals surface area contributed by atoms with Gasteiger partial charge in [-0.2, -0.15) is 0 Å². The number of imide groups is 2. The van der Waals surface area contributed by atoms with E-state index in [4.69, 9.17) is 21.1 Å². The number of urea groups is 1. The Morgan fingerprint density at radius 2 is 1.72 bits per heavy atom. The smallest absolute Gasteiger partial charge is 0.335 e. The summed E-state index contributed by atoms with van der Waals surface area (Å²) >= 11 is 13.1. The average Bonchev–Trinajstić information content (AvgIpc) is 2.83. The summed E-state index contributed by atoms with van der Waals surface area (Å²) in [4.78, 5) is 39.1. The number of carbonyl (C=O) groups is 3. The number of anilines is 1. The standard InChI is InChI=1S/C26H19Br2ClN2O5/c1-2-35-22-13-16(12-19(28)23(22)36-14-15-7-9-17(27)10-8-15)11-18-24(32)30-26(34)31(25(18)33)21-6-4-3-5-20(21)29/h3-13H,2,14H2,1H3,(H,30,32,34)/b18-11+. The summed E-state index contributed by atoms with van der Waals surface area (Å²) in [6.45, 7) is 2.51. The maximum atomic E-state index is 13.2. The maximum Gasteiger partial charge on any atom is 0.335 e. The van der Waals surface area contributed by atoms with Gasteiger partial charge < -0.3 is 9.47 Å². The number of rotatable bonds is 7. The first-order valence-corrected chi connectivity index (χ1v) is 12.7. The third-order valence-corrected chi connectivity index (χ3v) is 6.57. The molecule has 7 nitrogen and oxygen atoms in total. The van der Waals surface area contributed by atoms with Crippen molar-refractivity contribution in [2.45, 2.75) is 13.5 Å². The Balaban J connectivity index is 1.66. The van der Waals surface area contributed by atoms with Crippen LogP contribution in [-0.4, -0.2) is 24.5 Å². The van der Waals surface area contributed by atoms with E-state index in [0.29, 0.717) is 34.7 Å². The van der Waals surface area contributed by atoms with E-state index < -0.39 is 17.8 Å². The van der Waals surface area contributed by atoms with Gasteiger partial charge in [-0.1, -0.05) is 51.8 Å². The van der Waals surface area contributed by atoms with Crippen molar-refractivity contribution < 1.29 is 23.9 Å². The van der Waals surface area contributed by atoms with E-state index >= 15 is 0 Å². The lowest BCUT2D eigenvalue weighted by Gasteiger charge is -2.27. The summed E-state index contributed by atoms with van der Waals surface area (Å²) in [7, 11) is 0. The number of barbiturate groups is 1. The van der Waals surface area contributed by atoms with Crippen molar-refractivity contribution in [2.24, 2.45) is 0 Å². The summed E-state index contributed by atoms with van der Waals surface area (Å²) in [5.41, 5.74) is 1.40. The normalized spacial score (nSPS) is 14.7. The van der Waals surface area contributed by atoms with E-state index in [9.17, 15) is 14.4 Å². The molecule has 4 amide bonds. The van der Waals surface area contributed by atoms with Gasteiger partial charge in [0.25, 0.3) is 11.8 Å². The number of hydrogen-bond acceptors (Lipinski definition) is 5. The number of nitrogens with one attached hydrogen (secondary N) is 1. The van der Waals surface area contributed by atoms with Crippen LogP contribution in [0.15, 0.2) is 75.2 Å². The van der Waals surface area contributed by atoms with Crippen LogP contribution in [0.4, 0.5) is 10.5 Å². The van der Waals surface area contributed by atoms with Crippen LogP contribution in [-0.2, 0) is 16.2 Å². The van der Waals surface area contributed by atoms with Crippen LogP contribution in [0.2, 0.25) is 5.02 Å². The molecule has 0 unspecified atom stereocenters. The van der Waals surface area contributed by atoms with Gasteiger partial charge in [0.2, 0.25) is 0 Å². The van der Waals surface area contributed by atoms with Gasteiger partial charge in [0.05, 0.1) is 21.8 Å². The minimum atomic E-state index is -0.872. The SMILES string of the molecule is CCOc1cc(/C=C2\C(=O)NC(=O)N(c3ccccc3Cl)C2=O)cc(Br)c1OCc1ccc(Br)cc1. The summed E-state index contributed by atoms with van der Waals surface area (Å²) in [6, 6.07) is 16.6. The van der Waals surface area contributed by atoms with E-state index in [2.05, 4.69) is 37.2 Å². The number of nitrogens with zero attached hydrogens (tertiary/aromatic N) is 1. The molecule has 0 bridgehead atoms. The number of para-hydroxylation sites is 1. The number of carbonyl (C=O) groups excluding carboxylic acids is 3. The lowest BCUT2D eigenvalue weighted by molar-refractivity contribution is -0.122. The van der Waals surface area contributed by atoms with E-state index in [1.807, 2.05) is 31.2 Å². The zero-order valence-corrected chi connectivity index (χ0v) is 22.8. The molecule has 1 saturated heterocycles. The molecule has 0 aromatic heterocycles. The molecule has 4 rings (SSSR count). The number of benzene rings is 3. The van der Waals surface area contributed by atoms with E-state index in [1.54, 1.807) is 30.3 Å². The van der Waals surface area contributed by atoms with Crippen LogP contribution < -0.4 is 19.7 Å². The van der Waals surface area contributed by atoms with E-state index in [1.165, 1.54) is 12.1 Å². The summed E-state index contributed by atoms with van der Waals surface area (Å²) < 4.78 is 13.3. The number of amides is 4. The summed E-state index contributed by atoms with van der Waals surface area (Å²) in [5.74, 6) is -0.688. The predicted octanol–water partition coefficient (Wildman–Crippen LogP) is 6.51. The second-order valence-electron chi connectivity index (χ2n) is 7.59. The molecule has 0 aliphatic carbocycles. The minimum absolute atomic E-state index is 0.174. The average molecular weight is 635 g/mol. The van der Waals surface area contributed by atoms with Gasteiger partial charge in [0.15, 0.2) is 11.5 Å².